The number of benzene rings is 1. The van der Waals surface area contributed by atoms with E-state index in [9.17, 15) is 9.59 Å². The molecule has 0 spiro atoms. The third kappa shape index (κ3) is 5.22. The van der Waals surface area contributed by atoms with Crippen molar-refractivity contribution in [1.82, 2.24) is 9.78 Å². The quantitative estimate of drug-likeness (QED) is 0.713. The topological polar surface area (TPSA) is 91.7 Å². The maximum atomic E-state index is 12.3. The van der Waals surface area contributed by atoms with E-state index in [0.717, 1.165) is 0 Å². The van der Waals surface area contributed by atoms with E-state index >= 15 is 0 Å². The summed E-state index contributed by atoms with van der Waals surface area (Å²) in [5.74, 6) is 0.720. The Balaban J connectivity index is 1.94. The van der Waals surface area contributed by atoms with Gasteiger partial charge in [0.25, 0.3) is 5.91 Å². The van der Waals surface area contributed by atoms with Gasteiger partial charge < -0.3 is 19.5 Å². The molecule has 1 N–H and O–H groups in total. The van der Waals surface area contributed by atoms with Gasteiger partial charge in [-0.15, -0.1) is 0 Å². The fourth-order valence-electron chi connectivity index (χ4n) is 2.50. The summed E-state index contributed by atoms with van der Waals surface area (Å²) in [6.45, 7) is 5.43. The van der Waals surface area contributed by atoms with E-state index in [-0.39, 0.29) is 12.5 Å². The van der Waals surface area contributed by atoms with Gasteiger partial charge in [0.1, 0.15) is 5.82 Å². The number of rotatable bonds is 8. The van der Waals surface area contributed by atoms with Crippen LogP contribution in [0.1, 0.15) is 32.4 Å². The number of methoxy groups -OCH3 is 2. The summed E-state index contributed by atoms with van der Waals surface area (Å²) in [5, 5.41) is 6.87. The van der Waals surface area contributed by atoms with Crippen LogP contribution in [0.3, 0.4) is 0 Å². The Kier molecular flexibility index (Phi) is 6.81. The van der Waals surface area contributed by atoms with Crippen molar-refractivity contribution in [1.29, 1.82) is 0 Å². The van der Waals surface area contributed by atoms with E-state index in [1.54, 1.807) is 35.1 Å². The van der Waals surface area contributed by atoms with Crippen LogP contribution in [0.25, 0.3) is 0 Å². The Bertz CT molecular complexity index is 800. The van der Waals surface area contributed by atoms with Crippen LogP contribution in [-0.4, -0.2) is 42.0 Å². The van der Waals surface area contributed by atoms with Crippen molar-refractivity contribution < 1.29 is 23.8 Å². The molecule has 27 heavy (non-hydrogen) atoms. The average molecular weight is 375 g/mol. The van der Waals surface area contributed by atoms with Gasteiger partial charge in [-0.3, -0.25) is 9.59 Å². The van der Waals surface area contributed by atoms with Crippen molar-refractivity contribution in [3.8, 4) is 11.5 Å². The number of nitrogens with zero attached hydrogens (tertiary/aromatic N) is 2. The van der Waals surface area contributed by atoms with Crippen molar-refractivity contribution >= 4 is 17.7 Å². The third-order valence-corrected chi connectivity index (χ3v) is 3.88. The van der Waals surface area contributed by atoms with E-state index in [1.165, 1.54) is 21.1 Å². The first-order chi connectivity index (χ1) is 12.8. The number of carbonyl (C=O) groups is 2. The molecule has 0 fully saturated rings. The van der Waals surface area contributed by atoms with Crippen LogP contribution < -0.4 is 14.8 Å². The first kappa shape index (κ1) is 20.3. The van der Waals surface area contributed by atoms with Gasteiger partial charge >= 0.3 is 5.97 Å². The lowest BCUT2D eigenvalue weighted by Crippen LogP contribution is -2.31. The van der Waals surface area contributed by atoms with E-state index in [0.29, 0.717) is 22.9 Å². The van der Waals surface area contributed by atoms with Crippen LogP contribution >= 0.6 is 0 Å². The summed E-state index contributed by atoms with van der Waals surface area (Å²) < 4.78 is 17.3. The molecule has 0 bridgehead atoms. The van der Waals surface area contributed by atoms with Gasteiger partial charge in [0.05, 0.1) is 26.8 Å². The zero-order valence-electron chi connectivity index (χ0n) is 16.2. The van der Waals surface area contributed by atoms with Crippen molar-refractivity contribution in [2.75, 3.05) is 19.5 Å². The Morgan fingerprint density at radius 3 is 2.44 bits per heavy atom. The van der Waals surface area contributed by atoms with E-state index in [2.05, 4.69) is 10.4 Å². The molecule has 2 rings (SSSR count). The zero-order chi connectivity index (χ0) is 20.0. The Hall–Kier alpha value is -3.03. The Morgan fingerprint density at radius 1 is 1.11 bits per heavy atom. The van der Waals surface area contributed by atoms with Crippen LogP contribution in [0.5, 0.6) is 11.5 Å². The number of hydrogen-bond acceptors (Lipinski definition) is 6. The monoisotopic (exact) mass is 375 g/mol. The van der Waals surface area contributed by atoms with E-state index in [1.807, 2.05) is 13.8 Å². The molecule has 1 atom stereocenters. The van der Waals surface area contributed by atoms with Crippen LogP contribution in [0.4, 0.5) is 5.82 Å². The number of carbonyl (C=O) groups excluding carboxylic acids is 2. The molecule has 1 aromatic heterocycles. The summed E-state index contributed by atoms with van der Waals surface area (Å²) in [6, 6.07) is 6.94. The molecule has 0 radical (unpaired) electrons. The average Bonchev–Trinajstić information content (AvgIpc) is 3.09. The molecule has 8 heteroatoms. The van der Waals surface area contributed by atoms with Gasteiger partial charge in [-0.2, -0.15) is 5.10 Å². The minimum Gasteiger partial charge on any atom is -0.493 e. The summed E-state index contributed by atoms with van der Waals surface area (Å²) >= 11 is 0. The fraction of sp³-hybridized carbons (Fsp3) is 0.421. The highest BCUT2D eigenvalue weighted by molar-refractivity contribution is 5.94. The first-order valence-corrected chi connectivity index (χ1v) is 8.60. The second-order valence-corrected chi connectivity index (χ2v) is 6.24. The second-order valence-electron chi connectivity index (χ2n) is 6.24. The smallest absolute Gasteiger partial charge is 0.311 e. The molecule has 1 aromatic carbocycles. The fourth-order valence-corrected chi connectivity index (χ4v) is 2.50. The number of esters is 1. The highest BCUT2D eigenvalue weighted by atomic mass is 16.5. The minimum atomic E-state index is -0.937. The SMILES string of the molecule is COc1ccc(CC(=O)O[C@@H](C)C(=O)Nc2ccnn2C(C)C)cc1OC. The van der Waals surface area contributed by atoms with E-state index < -0.39 is 18.0 Å². The zero-order valence-corrected chi connectivity index (χ0v) is 16.2. The number of anilines is 1. The standard InChI is InChI=1S/C19H25N3O5/c1-12(2)22-17(8-9-20-22)21-19(24)13(3)27-18(23)11-14-6-7-15(25-4)16(10-14)26-5/h6-10,12-13H,11H2,1-5H3,(H,21,24)/t13-/m0/s1. The molecule has 8 nitrogen and oxygen atoms in total. The van der Waals surface area contributed by atoms with Crippen molar-refractivity contribution in [3.63, 3.8) is 0 Å². The summed E-state index contributed by atoms with van der Waals surface area (Å²) in [7, 11) is 3.06. The van der Waals surface area contributed by atoms with Crippen LogP contribution in [0, 0.1) is 0 Å². The molecule has 0 saturated heterocycles. The molecule has 0 aliphatic rings. The lowest BCUT2D eigenvalue weighted by atomic mass is 10.1. The molecule has 1 amide bonds. The predicted octanol–water partition coefficient (Wildman–Crippen LogP) is 2.59. The summed E-state index contributed by atoms with van der Waals surface area (Å²) in [4.78, 5) is 24.5. The van der Waals surface area contributed by atoms with Crippen molar-refractivity contribution in [3.05, 3.63) is 36.0 Å². The largest absolute Gasteiger partial charge is 0.493 e. The molecular formula is C19H25N3O5. The highest BCUT2D eigenvalue weighted by Gasteiger charge is 2.20. The molecule has 2 aromatic rings. The molecule has 0 saturated carbocycles. The third-order valence-electron chi connectivity index (χ3n) is 3.88. The van der Waals surface area contributed by atoms with Gasteiger partial charge in [-0.1, -0.05) is 6.07 Å². The van der Waals surface area contributed by atoms with Crippen LogP contribution in [0.15, 0.2) is 30.5 Å². The van der Waals surface area contributed by atoms with Crippen LogP contribution in [-0.2, 0) is 20.7 Å². The van der Waals surface area contributed by atoms with Gasteiger partial charge in [0.15, 0.2) is 17.6 Å². The van der Waals surface area contributed by atoms with E-state index in [4.69, 9.17) is 14.2 Å². The van der Waals surface area contributed by atoms with Gasteiger partial charge in [-0.25, -0.2) is 4.68 Å². The molecule has 0 unspecified atom stereocenters. The first-order valence-electron chi connectivity index (χ1n) is 8.60. The van der Waals surface area contributed by atoms with Crippen LogP contribution in [0.2, 0.25) is 0 Å². The van der Waals surface area contributed by atoms with Gasteiger partial charge in [0.2, 0.25) is 0 Å². The highest BCUT2D eigenvalue weighted by Crippen LogP contribution is 2.27. The van der Waals surface area contributed by atoms with Gasteiger partial charge in [0, 0.05) is 12.1 Å². The molecule has 0 aliphatic carbocycles. The summed E-state index contributed by atoms with van der Waals surface area (Å²) in [5.41, 5.74) is 0.697. The van der Waals surface area contributed by atoms with Gasteiger partial charge in [-0.05, 0) is 38.5 Å². The minimum absolute atomic E-state index is 0.0158. The Morgan fingerprint density at radius 2 is 1.81 bits per heavy atom. The Labute approximate surface area is 158 Å². The normalized spacial score (nSPS) is 11.8. The number of amides is 1. The second kappa shape index (κ2) is 9.07. The van der Waals surface area contributed by atoms with Crippen molar-refractivity contribution in [2.24, 2.45) is 0 Å². The molecule has 146 valence electrons. The predicted molar refractivity (Wildman–Crippen MR) is 100 cm³/mol. The number of ether oxygens (including phenoxy) is 3. The summed E-state index contributed by atoms with van der Waals surface area (Å²) in [6.07, 6.45) is 0.679. The number of aromatic nitrogens is 2. The lowest BCUT2D eigenvalue weighted by molar-refractivity contribution is -0.152. The number of hydrogen-bond donors (Lipinski definition) is 1. The van der Waals surface area contributed by atoms with Crippen molar-refractivity contribution in [2.45, 2.75) is 39.3 Å². The molecule has 0 aliphatic heterocycles. The maximum absolute atomic E-state index is 12.3. The maximum Gasteiger partial charge on any atom is 0.311 e. The lowest BCUT2D eigenvalue weighted by Gasteiger charge is -2.16. The molecular weight excluding hydrogens is 350 g/mol. The number of nitrogens with one attached hydrogen (secondary N) is 1. The molecule has 1 heterocycles.